The van der Waals surface area contributed by atoms with Crippen molar-refractivity contribution in [3.05, 3.63) is 29.6 Å². The van der Waals surface area contributed by atoms with Gasteiger partial charge in [0, 0.05) is 24.1 Å². The highest BCUT2D eigenvalue weighted by Crippen LogP contribution is 2.23. The van der Waals surface area contributed by atoms with Crippen LogP contribution in [0.3, 0.4) is 0 Å². The maximum Gasteiger partial charge on any atom is 0.240 e. The zero-order chi connectivity index (χ0) is 10.7. The number of hydrogen-bond acceptors (Lipinski definition) is 2. The number of aromatic hydroxyl groups is 1. The van der Waals surface area contributed by atoms with Crippen molar-refractivity contribution in [2.75, 3.05) is 0 Å². The molecule has 2 nitrogen and oxygen atoms in total. The van der Waals surface area contributed by atoms with Gasteiger partial charge >= 0.3 is 0 Å². The summed E-state index contributed by atoms with van der Waals surface area (Å²) in [6.07, 6.45) is -3.17. The summed E-state index contributed by atoms with van der Waals surface area (Å²) in [5.74, 6) is -1.02. The minimum absolute atomic E-state index is 0.0110. The summed E-state index contributed by atoms with van der Waals surface area (Å²) < 4.78 is 36.9. The third-order valence-electron chi connectivity index (χ3n) is 1.82. The molecule has 0 amide bonds. The number of phenols is 1. The molecule has 0 radical (unpaired) electrons. The topological polar surface area (TPSA) is 46.2 Å². The van der Waals surface area contributed by atoms with Gasteiger partial charge in [0.25, 0.3) is 0 Å². The quantitative estimate of drug-likeness (QED) is 0.794. The van der Waals surface area contributed by atoms with Gasteiger partial charge in [0.1, 0.15) is 11.6 Å². The molecule has 1 atom stereocenters. The summed E-state index contributed by atoms with van der Waals surface area (Å²) in [6.45, 7) is 0. The molecule has 78 valence electrons. The Morgan fingerprint density at radius 3 is 2.50 bits per heavy atom. The number of phenolic OH excluding ortho intramolecular Hbond substituents is 1. The first-order chi connectivity index (χ1) is 6.50. The van der Waals surface area contributed by atoms with Crippen molar-refractivity contribution in [3.8, 4) is 5.75 Å². The van der Waals surface area contributed by atoms with Gasteiger partial charge in [0.2, 0.25) is 6.43 Å². The van der Waals surface area contributed by atoms with Crippen LogP contribution in [0.5, 0.6) is 5.75 Å². The maximum atomic E-state index is 13.1. The van der Waals surface area contributed by atoms with Crippen LogP contribution in [-0.2, 0) is 0 Å². The lowest BCUT2D eigenvalue weighted by molar-refractivity contribution is 0.128. The van der Waals surface area contributed by atoms with Crippen molar-refractivity contribution >= 4 is 0 Å². The molecule has 0 aromatic heterocycles. The fourth-order valence-corrected chi connectivity index (χ4v) is 1.14. The van der Waals surface area contributed by atoms with Gasteiger partial charge in [-0.3, -0.25) is 0 Å². The fourth-order valence-electron chi connectivity index (χ4n) is 1.14. The molecule has 5 heteroatoms. The first-order valence-electron chi connectivity index (χ1n) is 4.03. The molecule has 0 spiro atoms. The fraction of sp³-hybridized carbons (Fsp3) is 0.333. The Balaban J connectivity index is 2.84. The monoisotopic (exact) mass is 205 g/mol. The molecule has 0 unspecified atom stereocenters. The maximum absolute atomic E-state index is 13.1. The number of hydrogen-bond donors (Lipinski definition) is 2. The zero-order valence-corrected chi connectivity index (χ0v) is 7.25. The van der Waals surface area contributed by atoms with E-state index in [9.17, 15) is 13.2 Å². The van der Waals surface area contributed by atoms with E-state index < -0.39 is 24.7 Å². The van der Waals surface area contributed by atoms with E-state index >= 15 is 0 Å². The first-order valence-corrected chi connectivity index (χ1v) is 4.03. The van der Waals surface area contributed by atoms with E-state index in [2.05, 4.69) is 0 Å². The third kappa shape index (κ3) is 2.63. The standard InChI is InChI=1S/C9H10F3NO/c10-7-3-5(14)1-2-6(7)8(13)4-9(11)12/h1-3,8-9,14H,4,13H2/t8-/m1/s1. The highest BCUT2D eigenvalue weighted by atomic mass is 19.3. The number of benzene rings is 1. The molecule has 0 aliphatic heterocycles. The van der Waals surface area contributed by atoms with Crippen molar-refractivity contribution in [3.63, 3.8) is 0 Å². The molecule has 3 N–H and O–H groups in total. The van der Waals surface area contributed by atoms with Crippen molar-refractivity contribution in [2.24, 2.45) is 5.73 Å². The van der Waals surface area contributed by atoms with E-state index in [1.54, 1.807) is 0 Å². The van der Waals surface area contributed by atoms with Crippen LogP contribution >= 0.6 is 0 Å². The summed E-state index contributed by atoms with van der Waals surface area (Å²) in [6, 6.07) is 2.22. The molecule has 1 aromatic rings. The van der Waals surface area contributed by atoms with Gasteiger partial charge in [-0.2, -0.15) is 0 Å². The summed E-state index contributed by atoms with van der Waals surface area (Å²) in [4.78, 5) is 0. The largest absolute Gasteiger partial charge is 0.508 e. The number of nitrogens with two attached hydrogens (primary N) is 1. The van der Waals surface area contributed by atoms with Crippen LogP contribution in [-0.4, -0.2) is 11.5 Å². The first kappa shape index (κ1) is 10.8. The van der Waals surface area contributed by atoms with Crippen LogP contribution in [0.4, 0.5) is 13.2 Å². The molecule has 0 saturated heterocycles. The van der Waals surface area contributed by atoms with E-state index in [0.29, 0.717) is 0 Å². The summed E-state index contributed by atoms with van der Waals surface area (Å²) >= 11 is 0. The van der Waals surface area contributed by atoms with Gasteiger partial charge in [0.05, 0.1) is 0 Å². The molecule has 0 bridgehead atoms. The predicted molar refractivity (Wildman–Crippen MR) is 45.6 cm³/mol. The van der Waals surface area contributed by atoms with Crippen LogP contribution in [0.25, 0.3) is 0 Å². The average Bonchev–Trinajstić information content (AvgIpc) is 2.01. The van der Waals surface area contributed by atoms with Gasteiger partial charge in [-0.15, -0.1) is 0 Å². The minimum atomic E-state index is -2.57. The van der Waals surface area contributed by atoms with Crippen LogP contribution in [0.1, 0.15) is 18.0 Å². The van der Waals surface area contributed by atoms with Gasteiger partial charge < -0.3 is 10.8 Å². The Hall–Kier alpha value is -1.23. The van der Waals surface area contributed by atoms with Gasteiger partial charge in [-0.1, -0.05) is 6.07 Å². The minimum Gasteiger partial charge on any atom is -0.508 e. The van der Waals surface area contributed by atoms with Crippen molar-refractivity contribution < 1.29 is 18.3 Å². The van der Waals surface area contributed by atoms with E-state index in [4.69, 9.17) is 10.8 Å². The van der Waals surface area contributed by atoms with Gasteiger partial charge in [-0.05, 0) is 6.07 Å². The molecule has 0 aliphatic rings. The lowest BCUT2D eigenvalue weighted by Gasteiger charge is -2.12. The van der Waals surface area contributed by atoms with E-state index in [0.717, 1.165) is 6.07 Å². The second kappa shape index (κ2) is 4.32. The highest BCUT2D eigenvalue weighted by Gasteiger charge is 2.16. The molecule has 1 aromatic carbocycles. The number of alkyl halides is 2. The molecule has 1 rings (SSSR count). The van der Waals surface area contributed by atoms with Crippen LogP contribution in [0.15, 0.2) is 18.2 Å². The summed E-state index contributed by atoms with van der Waals surface area (Å²) in [5, 5.41) is 8.87. The van der Waals surface area contributed by atoms with Crippen molar-refractivity contribution in [1.29, 1.82) is 0 Å². The zero-order valence-electron chi connectivity index (χ0n) is 7.25. The Bertz CT molecular complexity index is 317. The summed E-state index contributed by atoms with van der Waals surface area (Å²) in [7, 11) is 0. The number of rotatable bonds is 3. The molecule has 14 heavy (non-hydrogen) atoms. The Morgan fingerprint density at radius 1 is 1.36 bits per heavy atom. The highest BCUT2D eigenvalue weighted by molar-refractivity contribution is 5.29. The van der Waals surface area contributed by atoms with Crippen LogP contribution in [0.2, 0.25) is 0 Å². The second-order valence-corrected chi connectivity index (χ2v) is 2.94. The molecule has 0 saturated carbocycles. The summed E-state index contributed by atoms with van der Waals surface area (Å²) in [5.41, 5.74) is 5.33. The molecule has 0 aliphatic carbocycles. The number of halogens is 3. The van der Waals surface area contributed by atoms with Crippen molar-refractivity contribution in [1.82, 2.24) is 0 Å². The lowest BCUT2D eigenvalue weighted by Crippen LogP contribution is -2.15. The Labute approximate surface area is 79.2 Å². The van der Waals surface area contributed by atoms with E-state index in [1.165, 1.54) is 12.1 Å². The van der Waals surface area contributed by atoms with E-state index in [1.807, 2.05) is 0 Å². The Morgan fingerprint density at radius 2 is 2.00 bits per heavy atom. The van der Waals surface area contributed by atoms with Crippen molar-refractivity contribution in [2.45, 2.75) is 18.9 Å². The van der Waals surface area contributed by atoms with Crippen LogP contribution < -0.4 is 5.73 Å². The average molecular weight is 205 g/mol. The van der Waals surface area contributed by atoms with Gasteiger partial charge in [-0.25, -0.2) is 13.2 Å². The van der Waals surface area contributed by atoms with Crippen LogP contribution in [0, 0.1) is 5.82 Å². The van der Waals surface area contributed by atoms with Gasteiger partial charge in [0.15, 0.2) is 0 Å². The normalized spacial score (nSPS) is 13.2. The SMILES string of the molecule is N[C@H](CC(F)F)c1ccc(O)cc1F. The molecular weight excluding hydrogens is 195 g/mol. The van der Waals surface area contributed by atoms with E-state index in [-0.39, 0.29) is 11.3 Å². The second-order valence-electron chi connectivity index (χ2n) is 2.94. The molecular formula is C9H10F3NO. The molecule has 0 fully saturated rings. The molecule has 0 heterocycles. The third-order valence-corrected chi connectivity index (χ3v) is 1.82. The smallest absolute Gasteiger partial charge is 0.240 e. The lowest BCUT2D eigenvalue weighted by atomic mass is 10.0. The Kier molecular flexibility index (Phi) is 3.35. The predicted octanol–water partition coefficient (Wildman–Crippen LogP) is 2.19.